The molecule has 0 bridgehead atoms. The Morgan fingerprint density at radius 2 is 1.74 bits per heavy atom. The number of hydrogen-bond donors (Lipinski definition) is 2. The number of H-pyrrole nitrogens is 2. The van der Waals surface area contributed by atoms with Gasteiger partial charge < -0.3 is 9.97 Å². The summed E-state index contributed by atoms with van der Waals surface area (Å²) in [6, 6.07) is 14.5. The Morgan fingerprint density at radius 1 is 1.03 bits per heavy atom. The van der Waals surface area contributed by atoms with Gasteiger partial charge in [0.05, 0.1) is 30.5 Å². The highest BCUT2D eigenvalue weighted by atomic mass is 19.1. The minimum atomic E-state index is -0.383. The highest BCUT2D eigenvalue weighted by Gasteiger charge is 2.18. The van der Waals surface area contributed by atoms with E-state index < -0.39 is 0 Å². The number of nitriles is 1. The Kier molecular flexibility index (Phi) is 7.34. The van der Waals surface area contributed by atoms with Crippen molar-refractivity contribution in [3.63, 3.8) is 0 Å². The average molecular weight is 470 g/mol. The van der Waals surface area contributed by atoms with Crippen molar-refractivity contribution >= 4 is 12.2 Å². The first-order chi connectivity index (χ1) is 17.0. The molecule has 0 aliphatic rings. The first-order valence-corrected chi connectivity index (χ1v) is 11.2. The third-order valence-electron chi connectivity index (χ3n) is 5.78. The van der Waals surface area contributed by atoms with E-state index >= 15 is 0 Å². The fraction of sp³-hybridized carbons (Fsp3) is 0.143. The van der Waals surface area contributed by atoms with Crippen LogP contribution >= 0.6 is 0 Å². The summed E-state index contributed by atoms with van der Waals surface area (Å²) in [6.45, 7) is 8.87. The zero-order valence-electron chi connectivity index (χ0n) is 19.2. The third-order valence-corrected chi connectivity index (χ3v) is 5.78. The zero-order chi connectivity index (χ0) is 24.8. The summed E-state index contributed by atoms with van der Waals surface area (Å²) in [5.74, 6) is -0.159. The molecule has 0 saturated carbocycles. The first-order valence-electron chi connectivity index (χ1n) is 11.2. The van der Waals surface area contributed by atoms with Crippen LogP contribution in [0.15, 0.2) is 67.9 Å². The summed E-state index contributed by atoms with van der Waals surface area (Å²) in [5, 5.41) is 9.39. The van der Waals surface area contributed by atoms with Crippen molar-refractivity contribution in [1.29, 1.82) is 5.26 Å². The van der Waals surface area contributed by atoms with E-state index in [4.69, 9.17) is 4.98 Å². The van der Waals surface area contributed by atoms with Crippen molar-refractivity contribution in [3.05, 3.63) is 102 Å². The van der Waals surface area contributed by atoms with Gasteiger partial charge in [0.2, 0.25) is 0 Å². The highest BCUT2D eigenvalue weighted by Crippen LogP contribution is 2.31. The molecule has 0 amide bonds. The van der Waals surface area contributed by atoms with Crippen LogP contribution in [-0.4, -0.2) is 32.9 Å². The van der Waals surface area contributed by atoms with Crippen LogP contribution in [-0.2, 0) is 13.0 Å². The zero-order valence-corrected chi connectivity index (χ0v) is 19.2. The van der Waals surface area contributed by atoms with Crippen LogP contribution in [0.1, 0.15) is 22.6 Å². The SMILES string of the molecule is C=Cc1[nH]cc(CCN(CC#N)Cc2nc(-c3cccc(F)c3)c(-c3cccc(F)c3)[nH]2)c1C=C. The maximum Gasteiger partial charge on any atom is 0.123 e. The van der Waals surface area contributed by atoms with Crippen molar-refractivity contribution in [1.82, 2.24) is 19.9 Å². The van der Waals surface area contributed by atoms with Crippen molar-refractivity contribution in [3.8, 4) is 28.6 Å². The van der Waals surface area contributed by atoms with Gasteiger partial charge in [0.1, 0.15) is 17.5 Å². The van der Waals surface area contributed by atoms with E-state index in [9.17, 15) is 14.0 Å². The summed E-state index contributed by atoms with van der Waals surface area (Å²) >= 11 is 0. The molecule has 2 N–H and O–H groups in total. The minimum Gasteiger partial charge on any atom is -0.361 e. The molecule has 4 rings (SSSR count). The lowest BCUT2D eigenvalue weighted by molar-refractivity contribution is 0.295. The fourth-order valence-electron chi connectivity index (χ4n) is 4.11. The quantitative estimate of drug-likeness (QED) is 0.272. The van der Waals surface area contributed by atoms with Gasteiger partial charge in [-0.3, -0.25) is 4.90 Å². The van der Waals surface area contributed by atoms with Gasteiger partial charge in [0.15, 0.2) is 0 Å². The van der Waals surface area contributed by atoms with E-state index in [0.29, 0.717) is 47.8 Å². The summed E-state index contributed by atoms with van der Waals surface area (Å²) in [4.78, 5) is 13.2. The smallest absolute Gasteiger partial charge is 0.123 e. The molecule has 0 aliphatic heterocycles. The molecule has 0 spiro atoms. The number of halogens is 2. The molecular weight excluding hydrogens is 444 g/mol. The third kappa shape index (κ3) is 5.45. The topological polar surface area (TPSA) is 71.5 Å². The van der Waals surface area contributed by atoms with E-state index in [1.807, 2.05) is 11.1 Å². The molecule has 2 heterocycles. The van der Waals surface area contributed by atoms with Gasteiger partial charge in [-0.1, -0.05) is 43.5 Å². The summed E-state index contributed by atoms with van der Waals surface area (Å²) < 4.78 is 27.9. The second-order valence-corrected chi connectivity index (χ2v) is 8.10. The second kappa shape index (κ2) is 10.8. The summed E-state index contributed by atoms with van der Waals surface area (Å²) in [5.41, 5.74) is 5.30. The van der Waals surface area contributed by atoms with Crippen LogP contribution in [0.3, 0.4) is 0 Å². The maximum absolute atomic E-state index is 14.0. The predicted octanol–water partition coefficient (Wildman–Crippen LogP) is 6.20. The Morgan fingerprint density at radius 3 is 2.40 bits per heavy atom. The molecule has 0 unspecified atom stereocenters. The normalized spacial score (nSPS) is 10.9. The molecule has 176 valence electrons. The lowest BCUT2D eigenvalue weighted by atomic mass is 10.0. The molecule has 0 atom stereocenters. The molecule has 35 heavy (non-hydrogen) atoms. The van der Waals surface area contributed by atoms with Crippen molar-refractivity contribution in [2.45, 2.75) is 13.0 Å². The largest absolute Gasteiger partial charge is 0.361 e. The number of aromatic nitrogens is 3. The van der Waals surface area contributed by atoms with Crippen LogP contribution in [0.4, 0.5) is 8.78 Å². The molecule has 5 nitrogen and oxygen atoms in total. The van der Waals surface area contributed by atoms with Gasteiger partial charge in [-0.05, 0) is 42.3 Å². The molecular formula is C28H25F2N5. The van der Waals surface area contributed by atoms with Gasteiger partial charge in [0.25, 0.3) is 0 Å². The Labute approximate surface area is 203 Å². The Bertz CT molecular complexity index is 1330. The van der Waals surface area contributed by atoms with Crippen LogP contribution in [0, 0.1) is 23.0 Å². The first kappa shape index (κ1) is 23.9. The molecule has 0 aliphatic carbocycles. The Balaban J connectivity index is 1.63. The van der Waals surface area contributed by atoms with Gasteiger partial charge >= 0.3 is 0 Å². The lowest BCUT2D eigenvalue weighted by Crippen LogP contribution is -2.26. The number of nitrogens with one attached hydrogen (secondary N) is 2. The van der Waals surface area contributed by atoms with Crippen LogP contribution in [0.2, 0.25) is 0 Å². The fourth-order valence-corrected chi connectivity index (χ4v) is 4.11. The predicted molar refractivity (Wildman–Crippen MR) is 135 cm³/mol. The number of nitrogens with zero attached hydrogens (tertiary/aromatic N) is 3. The lowest BCUT2D eigenvalue weighted by Gasteiger charge is -2.17. The highest BCUT2D eigenvalue weighted by molar-refractivity contribution is 5.78. The van der Waals surface area contributed by atoms with Gasteiger partial charge in [-0.2, -0.15) is 5.26 Å². The minimum absolute atomic E-state index is 0.202. The molecule has 0 saturated heterocycles. The van der Waals surface area contributed by atoms with Gasteiger partial charge in [0, 0.05) is 35.1 Å². The maximum atomic E-state index is 14.0. The molecule has 4 aromatic rings. The number of imidazole rings is 1. The van der Waals surface area contributed by atoms with Crippen LogP contribution < -0.4 is 0 Å². The number of rotatable bonds is 10. The van der Waals surface area contributed by atoms with Gasteiger partial charge in [-0.25, -0.2) is 13.8 Å². The van der Waals surface area contributed by atoms with E-state index in [-0.39, 0.29) is 18.2 Å². The van der Waals surface area contributed by atoms with E-state index in [0.717, 1.165) is 16.8 Å². The standard InChI is InChI=1S/C28H25F2N5/c1-3-24-21(17-32-25(24)4-2)11-13-35(14-12-31)18-26-33-27(19-7-5-9-22(29)15-19)28(34-26)20-8-6-10-23(30)16-20/h3-10,15-17,32H,1-2,11,13-14,18H2,(H,33,34). The summed E-state index contributed by atoms with van der Waals surface area (Å²) in [7, 11) is 0. The number of benzene rings is 2. The molecule has 0 fully saturated rings. The molecule has 7 heteroatoms. The monoisotopic (exact) mass is 469 g/mol. The summed E-state index contributed by atoms with van der Waals surface area (Å²) in [6.07, 6.45) is 6.16. The second-order valence-electron chi connectivity index (χ2n) is 8.10. The number of aromatic amines is 2. The van der Waals surface area contributed by atoms with Crippen molar-refractivity contribution in [2.24, 2.45) is 0 Å². The van der Waals surface area contributed by atoms with Crippen LogP contribution in [0.25, 0.3) is 34.7 Å². The van der Waals surface area contributed by atoms with Crippen molar-refractivity contribution in [2.75, 3.05) is 13.1 Å². The van der Waals surface area contributed by atoms with Gasteiger partial charge in [-0.15, -0.1) is 0 Å². The molecule has 0 radical (unpaired) electrons. The van der Waals surface area contributed by atoms with E-state index in [2.05, 4.69) is 29.2 Å². The van der Waals surface area contributed by atoms with E-state index in [1.54, 1.807) is 36.4 Å². The average Bonchev–Trinajstić information content (AvgIpc) is 3.46. The number of hydrogen-bond acceptors (Lipinski definition) is 3. The van der Waals surface area contributed by atoms with E-state index in [1.165, 1.54) is 24.3 Å². The molecule has 2 aromatic heterocycles. The van der Waals surface area contributed by atoms with Crippen LogP contribution in [0.5, 0.6) is 0 Å². The Hall–Kier alpha value is -4.28. The molecule has 2 aromatic carbocycles. The van der Waals surface area contributed by atoms with Crippen molar-refractivity contribution < 1.29 is 8.78 Å².